The molecule has 1 aliphatic heterocycles. The molecule has 0 radical (unpaired) electrons. The summed E-state index contributed by atoms with van der Waals surface area (Å²) < 4.78 is 0. The van der Waals surface area contributed by atoms with Crippen LogP contribution in [0.2, 0.25) is 0 Å². The first-order valence-corrected chi connectivity index (χ1v) is 7.16. The van der Waals surface area contributed by atoms with Gasteiger partial charge in [0, 0.05) is 18.6 Å². The minimum Gasteiger partial charge on any atom is -0.480 e. The lowest BCUT2D eigenvalue weighted by atomic mass is 9.91. The van der Waals surface area contributed by atoms with Gasteiger partial charge in [-0.1, -0.05) is 6.92 Å². The number of nitrogens with zero attached hydrogens (tertiary/aromatic N) is 1. The first-order valence-electron chi connectivity index (χ1n) is 7.16. The number of piperidine rings is 1. The van der Waals surface area contributed by atoms with Crippen LogP contribution in [0.15, 0.2) is 0 Å². The quantitative estimate of drug-likeness (QED) is 0.784. The zero-order valence-electron chi connectivity index (χ0n) is 11.8. The number of likely N-dealkylation sites (tertiary alicyclic amines) is 1. The van der Waals surface area contributed by atoms with Crippen molar-refractivity contribution in [2.75, 3.05) is 13.1 Å². The van der Waals surface area contributed by atoms with Crippen LogP contribution in [0.25, 0.3) is 0 Å². The third-order valence-corrected chi connectivity index (χ3v) is 4.37. The molecule has 2 aliphatic rings. The van der Waals surface area contributed by atoms with Crippen molar-refractivity contribution >= 4 is 5.97 Å². The van der Waals surface area contributed by atoms with Crippen molar-refractivity contribution in [1.29, 1.82) is 0 Å². The summed E-state index contributed by atoms with van der Waals surface area (Å²) in [6.45, 7) is 7.98. The molecule has 0 aromatic carbocycles. The van der Waals surface area contributed by atoms with Crippen molar-refractivity contribution in [2.45, 2.75) is 64.1 Å². The summed E-state index contributed by atoms with van der Waals surface area (Å²) in [7, 11) is 0. The molecule has 0 aromatic heterocycles. The number of hydrogen-bond donors (Lipinski definition) is 2. The lowest BCUT2D eigenvalue weighted by Gasteiger charge is -2.41. The van der Waals surface area contributed by atoms with Gasteiger partial charge >= 0.3 is 5.97 Å². The number of rotatable bonds is 5. The van der Waals surface area contributed by atoms with Gasteiger partial charge in [-0.25, -0.2) is 0 Å². The second kappa shape index (κ2) is 5.17. The van der Waals surface area contributed by atoms with Crippen molar-refractivity contribution in [1.82, 2.24) is 10.2 Å². The molecule has 104 valence electrons. The van der Waals surface area contributed by atoms with Crippen molar-refractivity contribution in [3.63, 3.8) is 0 Å². The summed E-state index contributed by atoms with van der Waals surface area (Å²) >= 11 is 0. The minimum atomic E-state index is -0.796. The summed E-state index contributed by atoms with van der Waals surface area (Å²) in [6.07, 6.45) is 4.60. The normalized spacial score (nSPS) is 33.1. The Labute approximate surface area is 110 Å². The van der Waals surface area contributed by atoms with E-state index in [4.69, 9.17) is 0 Å². The number of nitrogens with one attached hydrogen (secondary N) is 1. The Morgan fingerprint density at radius 1 is 1.39 bits per heavy atom. The predicted octanol–water partition coefficient (Wildman–Crippen LogP) is 1.70. The Hall–Kier alpha value is -0.610. The Morgan fingerprint density at radius 3 is 2.56 bits per heavy atom. The zero-order chi connectivity index (χ0) is 13.3. The van der Waals surface area contributed by atoms with Gasteiger partial charge in [0.05, 0.1) is 0 Å². The summed E-state index contributed by atoms with van der Waals surface area (Å²) in [5.74, 6) is 0.0453. The van der Waals surface area contributed by atoms with Gasteiger partial charge in [0.25, 0.3) is 0 Å². The Bertz CT molecular complexity index is 317. The molecule has 4 nitrogen and oxygen atoms in total. The number of aliphatic carboxylic acids is 1. The molecule has 1 aliphatic carbocycles. The number of carboxylic acid groups (broad SMARTS) is 1. The van der Waals surface area contributed by atoms with Crippen LogP contribution in [0, 0.1) is 5.92 Å². The summed E-state index contributed by atoms with van der Waals surface area (Å²) in [5.41, 5.74) is -0.796. The van der Waals surface area contributed by atoms with Gasteiger partial charge in [-0.05, 0) is 52.0 Å². The smallest absolute Gasteiger partial charge is 0.324 e. The van der Waals surface area contributed by atoms with Crippen molar-refractivity contribution < 1.29 is 9.90 Å². The van der Waals surface area contributed by atoms with Crippen molar-refractivity contribution in [2.24, 2.45) is 5.92 Å². The van der Waals surface area contributed by atoms with Crippen LogP contribution in [-0.4, -0.2) is 46.7 Å². The van der Waals surface area contributed by atoms with E-state index in [-0.39, 0.29) is 0 Å². The highest BCUT2D eigenvalue weighted by Gasteiger charge is 2.41. The van der Waals surface area contributed by atoms with Gasteiger partial charge in [-0.15, -0.1) is 0 Å². The molecule has 1 saturated carbocycles. The van der Waals surface area contributed by atoms with E-state index in [0.717, 1.165) is 25.3 Å². The maximum atomic E-state index is 11.5. The van der Waals surface area contributed by atoms with E-state index in [1.165, 1.54) is 12.8 Å². The van der Waals surface area contributed by atoms with E-state index < -0.39 is 11.5 Å². The lowest BCUT2D eigenvalue weighted by molar-refractivity contribution is -0.145. The molecule has 4 heteroatoms. The largest absolute Gasteiger partial charge is 0.480 e. The molecule has 18 heavy (non-hydrogen) atoms. The maximum absolute atomic E-state index is 11.5. The van der Waals surface area contributed by atoms with Gasteiger partial charge in [-0.2, -0.15) is 0 Å². The second-order valence-corrected chi connectivity index (χ2v) is 6.50. The average Bonchev–Trinajstić information content (AvgIpc) is 3.06. The summed E-state index contributed by atoms with van der Waals surface area (Å²) in [6, 6.07) is 0.915. The molecular formula is C14H26N2O2. The molecule has 3 unspecified atom stereocenters. The highest BCUT2D eigenvalue weighted by molar-refractivity contribution is 5.78. The molecule has 0 aromatic rings. The minimum absolute atomic E-state index is 0.421. The fourth-order valence-corrected chi connectivity index (χ4v) is 2.95. The van der Waals surface area contributed by atoms with Gasteiger partial charge in [-0.3, -0.25) is 15.0 Å². The van der Waals surface area contributed by atoms with Gasteiger partial charge in [0.2, 0.25) is 0 Å². The molecule has 0 amide bonds. The fourth-order valence-electron chi connectivity index (χ4n) is 2.95. The number of carbonyl (C=O) groups is 1. The van der Waals surface area contributed by atoms with Gasteiger partial charge in [0.15, 0.2) is 0 Å². The van der Waals surface area contributed by atoms with Crippen LogP contribution in [0.4, 0.5) is 0 Å². The molecule has 3 atom stereocenters. The molecule has 1 saturated heterocycles. The van der Waals surface area contributed by atoms with Crippen LogP contribution < -0.4 is 5.32 Å². The topological polar surface area (TPSA) is 52.6 Å². The summed E-state index contributed by atoms with van der Waals surface area (Å²) in [5, 5.41) is 12.8. The molecule has 2 fully saturated rings. The average molecular weight is 254 g/mol. The van der Waals surface area contributed by atoms with E-state index in [1.54, 1.807) is 0 Å². The highest BCUT2D eigenvalue weighted by atomic mass is 16.4. The second-order valence-electron chi connectivity index (χ2n) is 6.50. The molecule has 0 bridgehead atoms. The van der Waals surface area contributed by atoms with E-state index in [9.17, 15) is 9.90 Å². The first-order chi connectivity index (χ1) is 8.40. The van der Waals surface area contributed by atoms with Gasteiger partial charge < -0.3 is 5.11 Å². The molecule has 1 heterocycles. The highest BCUT2D eigenvalue weighted by Crippen LogP contribution is 2.27. The van der Waals surface area contributed by atoms with Gasteiger partial charge in [0.1, 0.15) is 5.54 Å². The summed E-state index contributed by atoms with van der Waals surface area (Å²) in [4.78, 5) is 13.9. The third-order valence-electron chi connectivity index (χ3n) is 4.37. The van der Waals surface area contributed by atoms with Crippen molar-refractivity contribution in [3.05, 3.63) is 0 Å². The number of hydrogen-bond acceptors (Lipinski definition) is 3. The van der Waals surface area contributed by atoms with Crippen LogP contribution in [-0.2, 0) is 4.79 Å². The SMILES string of the molecule is CC1CCN(CC(C)(NC2CC2)C(=O)O)C(C)C1. The number of carboxylic acids is 1. The molecule has 2 rings (SSSR count). The monoisotopic (exact) mass is 254 g/mol. The van der Waals surface area contributed by atoms with E-state index in [0.29, 0.717) is 18.6 Å². The lowest BCUT2D eigenvalue weighted by Crippen LogP contribution is -2.59. The Balaban J connectivity index is 1.97. The predicted molar refractivity (Wildman–Crippen MR) is 71.6 cm³/mol. The van der Waals surface area contributed by atoms with Crippen LogP contribution >= 0.6 is 0 Å². The maximum Gasteiger partial charge on any atom is 0.324 e. The van der Waals surface area contributed by atoms with E-state index in [1.807, 2.05) is 6.92 Å². The van der Waals surface area contributed by atoms with Crippen LogP contribution in [0.3, 0.4) is 0 Å². The zero-order valence-corrected chi connectivity index (χ0v) is 11.8. The fraction of sp³-hybridized carbons (Fsp3) is 0.929. The molecule has 0 spiro atoms. The first kappa shape index (κ1) is 13.8. The van der Waals surface area contributed by atoms with E-state index >= 15 is 0 Å². The van der Waals surface area contributed by atoms with Crippen LogP contribution in [0.5, 0.6) is 0 Å². The van der Waals surface area contributed by atoms with E-state index in [2.05, 4.69) is 24.1 Å². The third kappa shape index (κ3) is 3.23. The Kier molecular flexibility index (Phi) is 3.97. The molecule has 2 N–H and O–H groups in total. The standard InChI is InChI=1S/C14H26N2O2/c1-10-6-7-16(11(2)8-10)9-14(3,13(17)18)15-12-4-5-12/h10-12,15H,4-9H2,1-3H3,(H,17,18). The Morgan fingerprint density at radius 2 is 2.06 bits per heavy atom. The molecular weight excluding hydrogens is 228 g/mol. The van der Waals surface area contributed by atoms with Crippen molar-refractivity contribution in [3.8, 4) is 0 Å². The van der Waals surface area contributed by atoms with Crippen LogP contribution in [0.1, 0.15) is 46.5 Å².